The summed E-state index contributed by atoms with van der Waals surface area (Å²) in [4.78, 5) is 28.0. The van der Waals surface area contributed by atoms with Crippen molar-refractivity contribution in [2.75, 3.05) is 17.2 Å². The maximum absolute atomic E-state index is 12.1. The highest BCUT2D eigenvalue weighted by atomic mass is 16.5. The van der Waals surface area contributed by atoms with Gasteiger partial charge in [-0.3, -0.25) is 4.79 Å². The van der Waals surface area contributed by atoms with Crippen LogP contribution in [-0.2, 0) is 4.74 Å². The molecule has 3 rings (SSSR count). The number of benzene rings is 2. The van der Waals surface area contributed by atoms with Crippen LogP contribution in [0.25, 0.3) is 0 Å². The average molecular weight is 377 g/mol. The zero-order valence-corrected chi connectivity index (χ0v) is 15.5. The van der Waals surface area contributed by atoms with Crippen molar-refractivity contribution in [1.29, 1.82) is 0 Å². The molecule has 0 fully saturated rings. The Hall–Kier alpha value is -3.81. The molecule has 1 heterocycles. The number of anilines is 4. The SMILES string of the molecule is CCOC(=O)c1ccccc1Nc1nncc(Nc2cccc(C(C)=O)c2)n1. The number of ketones is 1. The lowest BCUT2D eigenvalue weighted by Crippen LogP contribution is -2.09. The quantitative estimate of drug-likeness (QED) is 0.474. The average Bonchev–Trinajstić information content (AvgIpc) is 2.69. The van der Waals surface area contributed by atoms with Crippen molar-refractivity contribution in [2.24, 2.45) is 0 Å². The van der Waals surface area contributed by atoms with Crippen LogP contribution in [0.1, 0.15) is 34.6 Å². The maximum atomic E-state index is 12.1. The van der Waals surface area contributed by atoms with Crippen LogP contribution in [0.5, 0.6) is 0 Å². The van der Waals surface area contributed by atoms with E-state index in [1.54, 1.807) is 49.4 Å². The fourth-order valence-electron chi connectivity index (χ4n) is 2.48. The van der Waals surface area contributed by atoms with E-state index < -0.39 is 5.97 Å². The largest absolute Gasteiger partial charge is 0.462 e. The summed E-state index contributed by atoms with van der Waals surface area (Å²) in [7, 11) is 0. The Morgan fingerprint density at radius 2 is 1.89 bits per heavy atom. The minimum atomic E-state index is -0.436. The van der Waals surface area contributed by atoms with Crippen LogP contribution in [0.2, 0.25) is 0 Å². The first-order valence-electron chi connectivity index (χ1n) is 8.67. The molecule has 0 aliphatic heterocycles. The number of carbonyl (C=O) groups is 2. The van der Waals surface area contributed by atoms with Crippen LogP contribution in [0.4, 0.5) is 23.1 Å². The predicted octanol–water partition coefficient (Wildman–Crippen LogP) is 3.74. The molecule has 0 aliphatic carbocycles. The van der Waals surface area contributed by atoms with Crippen LogP contribution in [0.3, 0.4) is 0 Å². The fourth-order valence-corrected chi connectivity index (χ4v) is 2.48. The molecule has 0 amide bonds. The van der Waals surface area contributed by atoms with Crippen molar-refractivity contribution in [2.45, 2.75) is 13.8 Å². The first kappa shape index (κ1) is 19.0. The number of carbonyl (C=O) groups excluding carboxylic acids is 2. The molecule has 0 spiro atoms. The van der Waals surface area contributed by atoms with Gasteiger partial charge in [0.2, 0.25) is 5.95 Å². The summed E-state index contributed by atoms with van der Waals surface area (Å²) >= 11 is 0. The van der Waals surface area contributed by atoms with E-state index in [-0.39, 0.29) is 18.3 Å². The molecular weight excluding hydrogens is 358 g/mol. The Morgan fingerprint density at radius 3 is 2.68 bits per heavy atom. The minimum absolute atomic E-state index is 0.0256. The zero-order valence-electron chi connectivity index (χ0n) is 15.5. The second-order valence-corrected chi connectivity index (χ2v) is 5.82. The van der Waals surface area contributed by atoms with Crippen molar-refractivity contribution in [3.8, 4) is 0 Å². The van der Waals surface area contributed by atoms with Crippen molar-refractivity contribution in [3.05, 3.63) is 65.9 Å². The van der Waals surface area contributed by atoms with Gasteiger partial charge in [-0.1, -0.05) is 24.3 Å². The lowest BCUT2D eigenvalue weighted by molar-refractivity contribution is 0.0527. The Balaban J connectivity index is 1.80. The molecule has 28 heavy (non-hydrogen) atoms. The first-order chi connectivity index (χ1) is 13.6. The third-order valence-electron chi connectivity index (χ3n) is 3.77. The highest BCUT2D eigenvalue weighted by Crippen LogP contribution is 2.21. The standard InChI is InChI=1S/C20H19N5O3/c1-3-28-19(27)16-9-4-5-10-17(16)23-20-24-18(12-21-25-20)22-15-8-6-7-14(11-15)13(2)26/h4-12H,3H2,1-2H3,(H2,22,23,24,25). The third-order valence-corrected chi connectivity index (χ3v) is 3.77. The molecule has 8 heteroatoms. The number of aromatic nitrogens is 3. The van der Waals surface area contributed by atoms with E-state index >= 15 is 0 Å². The van der Waals surface area contributed by atoms with Gasteiger partial charge in [-0.25, -0.2) is 4.79 Å². The van der Waals surface area contributed by atoms with Crippen molar-refractivity contribution < 1.29 is 14.3 Å². The fraction of sp³-hybridized carbons (Fsp3) is 0.150. The van der Waals surface area contributed by atoms with Crippen molar-refractivity contribution in [1.82, 2.24) is 15.2 Å². The smallest absolute Gasteiger partial charge is 0.340 e. The van der Waals surface area contributed by atoms with E-state index in [9.17, 15) is 9.59 Å². The molecule has 0 bridgehead atoms. The second-order valence-electron chi connectivity index (χ2n) is 5.82. The van der Waals surface area contributed by atoms with Crippen molar-refractivity contribution in [3.63, 3.8) is 0 Å². The van der Waals surface area contributed by atoms with Gasteiger partial charge >= 0.3 is 5.97 Å². The van der Waals surface area contributed by atoms with Gasteiger partial charge in [0.1, 0.15) is 0 Å². The number of rotatable bonds is 7. The van der Waals surface area contributed by atoms with Crippen LogP contribution in [0, 0.1) is 0 Å². The normalized spacial score (nSPS) is 10.2. The van der Waals surface area contributed by atoms with Gasteiger partial charge in [0.05, 0.1) is 24.1 Å². The first-order valence-corrected chi connectivity index (χ1v) is 8.67. The van der Waals surface area contributed by atoms with E-state index in [0.717, 1.165) is 0 Å². The lowest BCUT2D eigenvalue weighted by Gasteiger charge is -2.11. The summed E-state index contributed by atoms with van der Waals surface area (Å²) in [5.74, 6) is 0.188. The van der Waals surface area contributed by atoms with Gasteiger partial charge in [0.25, 0.3) is 0 Å². The van der Waals surface area contributed by atoms with Gasteiger partial charge in [0, 0.05) is 11.3 Å². The topological polar surface area (TPSA) is 106 Å². The highest BCUT2D eigenvalue weighted by Gasteiger charge is 2.13. The second kappa shape index (κ2) is 8.72. The van der Waals surface area contributed by atoms with Crippen LogP contribution >= 0.6 is 0 Å². The number of nitrogens with zero attached hydrogens (tertiary/aromatic N) is 3. The molecular formula is C20H19N5O3. The van der Waals surface area contributed by atoms with Gasteiger partial charge in [0.15, 0.2) is 11.6 Å². The van der Waals surface area contributed by atoms with E-state index in [1.807, 2.05) is 6.07 Å². The third kappa shape index (κ3) is 4.67. The zero-order chi connectivity index (χ0) is 19.9. The number of Topliss-reactive ketones (excluding diaryl/α,β-unsaturated/α-hetero) is 1. The molecule has 3 aromatic rings. The van der Waals surface area contributed by atoms with Gasteiger partial charge in [-0.2, -0.15) is 10.1 Å². The molecule has 2 N–H and O–H groups in total. The number of esters is 1. The molecule has 0 atom stereocenters. The Labute approximate surface area is 162 Å². The molecule has 0 aliphatic rings. The minimum Gasteiger partial charge on any atom is -0.462 e. The molecule has 0 unspecified atom stereocenters. The number of hydrogen-bond donors (Lipinski definition) is 2. The number of ether oxygens (including phenoxy) is 1. The van der Waals surface area contributed by atoms with E-state index in [2.05, 4.69) is 25.8 Å². The molecule has 8 nitrogen and oxygen atoms in total. The maximum Gasteiger partial charge on any atom is 0.340 e. The number of hydrogen-bond acceptors (Lipinski definition) is 8. The molecule has 1 aromatic heterocycles. The summed E-state index contributed by atoms with van der Waals surface area (Å²) in [5, 5.41) is 13.9. The van der Waals surface area contributed by atoms with E-state index in [1.165, 1.54) is 13.1 Å². The van der Waals surface area contributed by atoms with Crippen LogP contribution in [-0.4, -0.2) is 33.5 Å². The Morgan fingerprint density at radius 1 is 1.07 bits per heavy atom. The lowest BCUT2D eigenvalue weighted by atomic mass is 10.1. The van der Waals surface area contributed by atoms with Crippen molar-refractivity contribution >= 4 is 34.9 Å². The summed E-state index contributed by atoms with van der Waals surface area (Å²) in [6, 6.07) is 14.0. The van der Waals surface area contributed by atoms with Crippen LogP contribution in [0.15, 0.2) is 54.7 Å². The van der Waals surface area contributed by atoms with Gasteiger partial charge in [-0.05, 0) is 38.1 Å². The molecule has 0 radical (unpaired) electrons. The van der Waals surface area contributed by atoms with E-state index in [0.29, 0.717) is 28.3 Å². The molecule has 0 saturated heterocycles. The Kier molecular flexibility index (Phi) is 5.91. The number of nitrogens with one attached hydrogen (secondary N) is 2. The predicted molar refractivity (Wildman–Crippen MR) is 105 cm³/mol. The molecule has 0 saturated carbocycles. The molecule has 142 valence electrons. The van der Waals surface area contributed by atoms with Gasteiger partial charge in [-0.15, -0.1) is 5.10 Å². The molecule has 2 aromatic carbocycles. The van der Waals surface area contributed by atoms with Gasteiger partial charge < -0.3 is 15.4 Å². The summed E-state index contributed by atoms with van der Waals surface area (Å²) in [5.41, 5.74) is 2.18. The monoisotopic (exact) mass is 377 g/mol. The summed E-state index contributed by atoms with van der Waals surface area (Å²) in [6.07, 6.45) is 1.46. The van der Waals surface area contributed by atoms with Crippen LogP contribution < -0.4 is 10.6 Å². The summed E-state index contributed by atoms with van der Waals surface area (Å²) < 4.78 is 5.06. The highest BCUT2D eigenvalue weighted by molar-refractivity contribution is 5.96. The van der Waals surface area contributed by atoms with E-state index in [4.69, 9.17) is 4.74 Å². The number of para-hydroxylation sites is 1. The Bertz CT molecular complexity index is 1010. The summed E-state index contributed by atoms with van der Waals surface area (Å²) in [6.45, 7) is 3.54.